The van der Waals surface area contributed by atoms with Crippen LogP contribution in [0.15, 0.2) is 24.4 Å². The molecule has 1 saturated heterocycles. The van der Waals surface area contributed by atoms with Gasteiger partial charge in [0.05, 0.1) is 12.5 Å². The number of Topliss-reactive ketones (excluding diaryl/α,β-unsaturated/α-hetero) is 1. The maximum Gasteiger partial charge on any atom is 0.170 e. The van der Waals surface area contributed by atoms with Crippen molar-refractivity contribution in [1.29, 1.82) is 0 Å². The van der Waals surface area contributed by atoms with Gasteiger partial charge in [-0.1, -0.05) is 6.07 Å². The molecule has 2 unspecified atom stereocenters. The van der Waals surface area contributed by atoms with Crippen molar-refractivity contribution in [3.63, 3.8) is 0 Å². The fourth-order valence-electron chi connectivity index (χ4n) is 3.00. The van der Waals surface area contributed by atoms with E-state index >= 15 is 0 Å². The molecule has 1 aliphatic rings. The zero-order valence-electron chi connectivity index (χ0n) is 11.8. The average Bonchev–Trinajstić information content (AvgIpc) is 3.17. The number of H-pyrrole nitrogens is 1. The van der Waals surface area contributed by atoms with Crippen molar-refractivity contribution < 1.29 is 14.6 Å². The highest BCUT2D eigenvalue weighted by Gasteiger charge is 2.31. The summed E-state index contributed by atoms with van der Waals surface area (Å²) in [5.74, 6) is -0.305. The van der Waals surface area contributed by atoms with Gasteiger partial charge in [-0.05, 0) is 36.1 Å². The molecule has 0 bridgehead atoms. The maximum absolute atomic E-state index is 12.6. The van der Waals surface area contributed by atoms with Crippen molar-refractivity contribution in [2.24, 2.45) is 5.73 Å². The van der Waals surface area contributed by atoms with Crippen LogP contribution in [0.4, 0.5) is 0 Å². The summed E-state index contributed by atoms with van der Waals surface area (Å²) in [6, 6.07) is 5.68. The van der Waals surface area contributed by atoms with E-state index in [0.717, 1.165) is 34.9 Å². The van der Waals surface area contributed by atoms with Gasteiger partial charge in [0.15, 0.2) is 5.78 Å². The molecule has 1 aromatic carbocycles. The molecular formula is C16H20N2O3. The zero-order chi connectivity index (χ0) is 14.8. The van der Waals surface area contributed by atoms with Crippen molar-refractivity contribution >= 4 is 16.7 Å². The number of aromatic amines is 1. The SMILES string of the molecule is NCC(C(=O)C1CCCO1)c1c[nH]c2ccc(CO)cc12. The first-order valence-electron chi connectivity index (χ1n) is 7.30. The lowest BCUT2D eigenvalue weighted by Crippen LogP contribution is -2.30. The van der Waals surface area contributed by atoms with Crippen LogP contribution in [0, 0.1) is 0 Å². The number of nitrogens with one attached hydrogen (secondary N) is 1. The molecule has 2 aromatic rings. The van der Waals surface area contributed by atoms with Crippen molar-refractivity contribution in [3.8, 4) is 0 Å². The molecule has 5 nitrogen and oxygen atoms in total. The Bertz CT molecular complexity index is 644. The molecule has 0 saturated carbocycles. The topological polar surface area (TPSA) is 88.3 Å². The summed E-state index contributed by atoms with van der Waals surface area (Å²) in [7, 11) is 0. The Morgan fingerprint density at radius 1 is 1.52 bits per heavy atom. The number of ether oxygens (including phenoxy) is 1. The summed E-state index contributed by atoms with van der Waals surface area (Å²) in [6.45, 7) is 0.888. The highest BCUT2D eigenvalue weighted by molar-refractivity contribution is 5.95. The van der Waals surface area contributed by atoms with Crippen molar-refractivity contribution in [3.05, 3.63) is 35.5 Å². The van der Waals surface area contributed by atoms with Crippen LogP contribution in [0.3, 0.4) is 0 Å². The number of ketones is 1. The molecule has 2 atom stereocenters. The lowest BCUT2D eigenvalue weighted by Gasteiger charge is -2.17. The summed E-state index contributed by atoms with van der Waals surface area (Å²) < 4.78 is 5.50. The summed E-state index contributed by atoms with van der Waals surface area (Å²) in [6.07, 6.45) is 3.22. The number of nitrogens with two attached hydrogens (primary N) is 1. The second kappa shape index (κ2) is 5.97. The molecule has 3 rings (SSSR count). The molecule has 5 heteroatoms. The average molecular weight is 288 g/mol. The Morgan fingerprint density at radius 2 is 2.38 bits per heavy atom. The third-order valence-corrected chi connectivity index (χ3v) is 4.16. The Hall–Kier alpha value is -1.69. The number of carbonyl (C=O) groups excluding carboxylic acids is 1. The van der Waals surface area contributed by atoms with Crippen LogP contribution in [0.1, 0.15) is 29.9 Å². The van der Waals surface area contributed by atoms with Gasteiger partial charge in [0.2, 0.25) is 0 Å². The van der Waals surface area contributed by atoms with Crippen molar-refractivity contribution in [1.82, 2.24) is 4.98 Å². The number of aliphatic hydroxyl groups is 1. The number of fused-ring (bicyclic) bond motifs is 1. The normalized spacial score (nSPS) is 20.0. The van der Waals surface area contributed by atoms with Gasteiger partial charge in [-0.15, -0.1) is 0 Å². The molecule has 0 spiro atoms. The fraction of sp³-hybridized carbons (Fsp3) is 0.438. The van der Waals surface area contributed by atoms with Gasteiger partial charge in [-0.25, -0.2) is 0 Å². The maximum atomic E-state index is 12.6. The van der Waals surface area contributed by atoms with Crippen LogP contribution in [0.5, 0.6) is 0 Å². The number of benzene rings is 1. The van der Waals surface area contributed by atoms with E-state index in [0.29, 0.717) is 6.61 Å². The minimum Gasteiger partial charge on any atom is -0.392 e. The first-order chi connectivity index (χ1) is 10.2. The first kappa shape index (κ1) is 14.3. The van der Waals surface area contributed by atoms with E-state index in [1.807, 2.05) is 24.4 Å². The van der Waals surface area contributed by atoms with E-state index in [1.54, 1.807) is 0 Å². The predicted molar refractivity (Wildman–Crippen MR) is 80.0 cm³/mol. The second-order valence-electron chi connectivity index (χ2n) is 5.47. The standard InChI is InChI=1S/C16H20N2O3/c17-7-12(16(20)15-2-1-5-21-15)13-8-18-14-4-3-10(9-19)6-11(13)14/h3-4,6,8,12,15,18-19H,1-2,5,7,9,17H2. The second-order valence-corrected chi connectivity index (χ2v) is 5.47. The first-order valence-corrected chi connectivity index (χ1v) is 7.30. The summed E-state index contributed by atoms with van der Waals surface area (Å²) in [5.41, 5.74) is 8.51. The minimum absolute atomic E-state index is 0.0203. The van der Waals surface area contributed by atoms with E-state index in [4.69, 9.17) is 10.5 Å². The van der Waals surface area contributed by atoms with E-state index < -0.39 is 0 Å². The Kier molecular flexibility index (Phi) is 4.05. The smallest absolute Gasteiger partial charge is 0.170 e. The van der Waals surface area contributed by atoms with Crippen LogP contribution < -0.4 is 5.73 Å². The molecular weight excluding hydrogens is 268 g/mol. The van der Waals surface area contributed by atoms with Crippen LogP contribution in [0.25, 0.3) is 10.9 Å². The van der Waals surface area contributed by atoms with Gasteiger partial charge in [-0.2, -0.15) is 0 Å². The predicted octanol–water partition coefficient (Wildman–Crippen LogP) is 1.45. The van der Waals surface area contributed by atoms with E-state index in [-0.39, 0.29) is 31.0 Å². The Labute approximate surface area is 123 Å². The number of carbonyl (C=O) groups is 1. The lowest BCUT2D eigenvalue weighted by molar-refractivity contribution is -0.129. The molecule has 1 fully saturated rings. The highest BCUT2D eigenvalue weighted by atomic mass is 16.5. The van der Waals surface area contributed by atoms with Gasteiger partial charge < -0.3 is 20.6 Å². The Balaban J connectivity index is 1.98. The van der Waals surface area contributed by atoms with E-state index in [2.05, 4.69) is 4.98 Å². The zero-order valence-corrected chi connectivity index (χ0v) is 11.8. The van der Waals surface area contributed by atoms with Crippen molar-refractivity contribution in [2.45, 2.75) is 31.5 Å². The summed E-state index contributed by atoms with van der Waals surface area (Å²) in [4.78, 5) is 15.8. The van der Waals surface area contributed by atoms with Gasteiger partial charge in [0.25, 0.3) is 0 Å². The molecule has 21 heavy (non-hydrogen) atoms. The van der Waals surface area contributed by atoms with Gasteiger partial charge in [0, 0.05) is 30.3 Å². The van der Waals surface area contributed by atoms with Gasteiger partial charge in [0.1, 0.15) is 6.10 Å². The van der Waals surface area contributed by atoms with Crippen LogP contribution in [-0.4, -0.2) is 35.1 Å². The molecule has 0 amide bonds. The number of aliphatic hydroxyl groups excluding tert-OH is 1. The fourth-order valence-corrected chi connectivity index (χ4v) is 3.00. The largest absolute Gasteiger partial charge is 0.392 e. The van der Waals surface area contributed by atoms with E-state index in [1.165, 1.54) is 0 Å². The van der Waals surface area contributed by atoms with Gasteiger partial charge in [-0.3, -0.25) is 4.79 Å². The number of aromatic nitrogens is 1. The van der Waals surface area contributed by atoms with E-state index in [9.17, 15) is 9.90 Å². The molecule has 1 aromatic heterocycles. The molecule has 112 valence electrons. The number of rotatable bonds is 5. The molecule has 4 N–H and O–H groups in total. The third kappa shape index (κ3) is 2.60. The monoisotopic (exact) mass is 288 g/mol. The Morgan fingerprint density at radius 3 is 3.05 bits per heavy atom. The summed E-state index contributed by atoms with van der Waals surface area (Å²) in [5, 5.41) is 10.2. The molecule has 2 heterocycles. The van der Waals surface area contributed by atoms with Gasteiger partial charge >= 0.3 is 0 Å². The third-order valence-electron chi connectivity index (χ3n) is 4.16. The van der Waals surface area contributed by atoms with Crippen LogP contribution in [-0.2, 0) is 16.1 Å². The molecule has 0 radical (unpaired) electrons. The van der Waals surface area contributed by atoms with Crippen LogP contribution in [0.2, 0.25) is 0 Å². The quantitative estimate of drug-likeness (QED) is 0.777. The minimum atomic E-state index is -0.365. The molecule has 1 aliphatic heterocycles. The highest BCUT2D eigenvalue weighted by Crippen LogP contribution is 2.29. The lowest BCUT2D eigenvalue weighted by atomic mass is 9.90. The summed E-state index contributed by atoms with van der Waals surface area (Å²) >= 11 is 0. The van der Waals surface area contributed by atoms with Crippen LogP contribution >= 0.6 is 0 Å². The van der Waals surface area contributed by atoms with Crippen molar-refractivity contribution in [2.75, 3.05) is 13.2 Å². The molecule has 0 aliphatic carbocycles. The number of hydrogen-bond donors (Lipinski definition) is 3. The number of hydrogen-bond acceptors (Lipinski definition) is 4.